The molecule has 0 radical (unpaired) electrons. The molecule has 2 saturated heterocycles. The molecule has 2 unspecified atom stereocenters. The van der Waals surface area contributed by atoms with Gasteiger partial charge in [0, 0.05) is 30.6 Å². The summed E-state index contributed by atoms with van der Waals surface area (Å²) in [6.07, 6.45) is 0.509. The van der Waals surface area contributed by atoms with Crippen molar-refractivity contribution in [1.29, 1.82) is 0 Å². The van der Waals surface area contributed by atoms with Crippen molar-refractivity contribution in [2.75, 3.05) is 6.61 Å². The van der Waals surface area contributed by atoms with Gasteiger partial charge in [0.1, 0.15) is 5.75 Å². The molecule has 2 aliphatic heterocycles. The summed E-state index contributed by atoms with van der Waals surface area (Å²) in [7, 11) is 0. The zero-order chi connectivity index (χ0) is 17.9. The van der Waals surface area contributed by atoms with Crippen LogP contribution in [0.25, 0.3) is 0 Å². The molecule has 1 aromatic carbocycles. The number of alkyl halides is 3. The SMILES string of the molecule is O=C(CC1CC2CCC(C1)N2)NCc1ccccc1OCC(F)(F)F. The normalized spacial score (nSPS) is 25.6. The van der Waals surface area contributed by atoms with Crippen LogP contribution in [0, 0.1) is 5.92 Å². The van der Waals surface area contributed by atoms with E-state index >= 15 is 0 Å². The summed E-state index contributed by atoms with van der Waals surface area (Å²) >= 11 is 0. The van der Waals surface area contributed by atoms with Crippen molar-refractivity contribution >= 4 is 5.91 Å². The number of benzene rings is 1. The van der Waals surface area contributed by atoms with Crippen molar-refractivity contribution in [3.63, 3.8) is 0 Å². The zero-order valence-corrected chi connectivity index (χ0v) is 13.9. The number of para-hydroxylation sites is 1. The van der Waals surface area contributed by atoms with E-state index in [4.69, 9.17) is 4.74 Å². The van der Waals surface area contributed by atoms with E-state index in [9.17, 15) is 18.0 Å². The van der Waals surface area contributed by atoms with Gasteiger partial charge in [0.05, 0.1) is 0 Å². The Kier molecular flexibility index (Phi) is 5.51. The van der Waals surface area contributed by atoms with E-state index in [-0.39, 0.29) is 18.2 Å². The summed E-state index contributed by atoms with van der Waals surface area (Å²) in [5.41, 5.74) is 0.547. The first-order valence-corrected chi connectivity index (χ1v) is 8.69. The van der Waals surface area contributed by atoms with E-state index < -0.39 is 12.8 Å². The molecule has 0 saturated carbocycles. The van der Waals surface area contributed by atoms with Gasteiger partial charge in [0.2, 0.25) is 5.91 Å². The highest BCUT2D eigenvalue weighted by Crippen LogP contribution is 2.32. The molecule has 2 N–H and O–H groups in total. The lowest BCUT2D eigenvalue weighted by Crippen LogP contribution is -2.39. The Labute approximate surface area is 145 Å². The lowest BCUT2D eigenvalue weighted by Gasteiger charge is -2.28. The quantitative estimate of drug-likeness (QED) is 0.823. The average molecular weight is 356 g/mol. The van der Waals surface area contributed by atoms with Crippen LogP contribution in [0.3, 0.4) is 0 Å². The maximum absolute atomic E-state index is 12.3. The number of ether oxygens (including phenoxy) is 1. The Morgan fingerprint density at radius 1 is 1.20 bits per heavy atom. The highest BCUT2D eigenvalue weighted by Gasteiger charge is 2.34. The van der Waals surface area contributed by atoms with Crippen molar-refractivity contribution in [1.82, 2.24) is 10.6 Å². The first kappa shape index (κ1) is 18.0. The van der Waals surface area contributed by atoms with E-state index in [2.05, 4.69) is 10.6 Å². The lowest BCUT2D eigenvalue weighted by molar-refractivity contribution is -0.153. The molecule has 2 atom stereocenters. The summed E-state index contributed by atoms with van der Waals surface area (Å²) in [5.74, 6) is 0.479. The van der Waals surface area contributed by atoms with Crippen LogP contribution in [-0.4, -0.2) is 30.8 Å². The second-order valence-corrected chi connectivity index (χ2v) is 6.97. The van der Waals surface area contributed by atoms with E-state index in [0.29, 0.717) is 30.0 Å². The number of rotatable bonds is 6. The van der Waals surface area contributed by atoms with Gasteiger partial charge < -0.3 is 15.4 Å². The highest BCUT2D eigenvalue weighted by molar-refractivity contribution is 5.76. The Balaban J connectivity index is 1.48. The summed E-state index contributed by atoms with van der Waals surface area (Å²) in [6, 6.07) is 7.55. The predicted octanol–water partition coefficient (Wildman–Crippen LogP) is 3.16. The number of piperidine rings is 1. The first-order chi connectivity index (χ1) is 11.9. The fourth-order valence-electron chi connectivity index (χ4n) is 3.82. The molecule has 0 aromatic heterocycles. The smallest absolute Gasteiger partial charge is 0.422 e. The second-order valence-electron chi connectivity index (χ2n) is 6.97. The van der Waals surface area contributed by atoms with Gasteiger partial charge in [-0.05, 0) is 37.7 Å². The third-order valence-electron chi connectivity index (χ3n) is 4.88. The number of amides is 1. The van der Waals surface area contributed by atoms with Gasteiger partial charge in [0.15, 0.2) is 6.61 Å². The van der Waals surface area contributed by atoms with Crippen molar-refractivity contribution < 1.29 is 22.7 Å². The minimum Gasteiger partial charge on any atom is -0.484 e. The fourth-order valence-corrected chi connectivity index (χ4v) is 3.82. The molecule has 4 nitrogen and oxygen atoms in total. The minimum absolute atomic E-state index is 0.0584. The van der Waals surface area contributed by atoms with E-state index in [1.165, 1.54) is 18.9 Å². The number of carbonyl (C=O) groups excluding carboxylic acids is 1. The van der Waals surface area contributed by atoms with Crippen molar-refractivity contribution in [2.24, 2.45) is 5.92 Å². The van der Waals surface area contributed by atoms with Crippen LogP contribution in [0.5, 0.6) is 5.75 Å². The van der Waals surface area contributed by atoms with Crippen LogP contribution in [0.4, 0.5) is 13.2 Å². The molecule has 2 heterocycles. The van der Waals surface area contributed by atoms with E-state index in [0.717, 1.165) is 12.8 Å². The largest absolute Gasteiger partial charge is 0.484 e. The Bertz CT molecular complexity index is 594. The third-order valence-corrected chi connectivity index (χ3v) is 4.88. The zero-order valence-electron chi connectivity index (χ0n) is 13.9. The van der Waals surface area contributed by atoms with Crippen molar-refractivity contribution in [2.45, 2.75) is 56.9 Å². The molecule has 7 heteroatoms. The molecule has 2 bridgehead atoms. The Morgan fingerprint density at radius 3 is 2.56 bits per heavy atom. The number of fused-ring (bicyclic) bond motifs is 2. The molecular weight excluding hydrogens is 333 g/mol. The number of nitrogens with one attached hydrogen (secondary N) is 2. The number of hydrogen-bond donors (Lipinski definition) is 2. The molecule has 3 rings (SSSR count). The van der Waals surface area contributed by atoms with Crippen molar-refractivity contribution in [3.8, 4) is 5.75 Å². The first-order valence-electron chi connectivity index (χ1n) is 8.69. The van der Waals surface area contributed by atoms with Gasteiger partial charge in [-0.15, -0.1) is 0 Å². The van der Waals surface area contributed by atoms with Crippen LogP contribution in [0.1, 0.15) is 37.7 Å². The fraction of sp³-hybridized carbons (Fsp3) is 0.611. The molecule has 0 aliphatic carbocycles. The van der Waals surface area contributed by atoms with E-state index in [1.807, 2.05) is 0 Å². The maximum atomic E-state index is 12.3. The summed E-state index contributed by atoms with van der Waals surface area (Å²) in [4.78, 5) is 12.2. The predicted molar refractivity (Wildman–Crippen MR) is 87.1 cm³/mol. The molecule has 1 amide bonds. The standard InChI is InChI=1S/C18H23F3N2O2/c19-18(20,21)11-25-16-4-2-1-3-13(16)10-22-17(24)9-12-7-14-5-6-15(8-12)23-14/h1-4,12,14-15,23H,5-11H2,(H,22,24). The monoisotopic (exact) mass is 356 g/mol. The van der Waals surface area contributed by atoms with Gasteiger partial charge >= 0.3 is 6.18 Å². The number of halogens is 3. The maximum Gasteiger partial charge on any atom is 0.422 e. The van der Waals surface area contributed by atoms with Gasteiger partial charge in [-0.3, -0.25) is 4.79 Å². The summed E-state index contributed by atoms with van der Waals surface area (Å²) < 4.78 is 41.8. The third kappa shape index (κ3) is 5.36. The second kappa shape index (κ2) is 7.64. The molecular formula is C18H23F3N2O2. The molecule has 2 aliphatic rings. The van der Waals surface area contributed by atoms with Gasteiger partial charge in [-0.1, -0.05) is 18.2 Å². The minimum atomic E-state index is -4.38. The molecule has 138 valence electrons. The molecule has 1 aromatic rings. The summed E-state index contributed by atoms with van der Waals surface area (Å²) in [5, 5.41) is 6.36. The van der Waals surface area contributed by atoms with Crippen LogP contribution < -0.4 is 15.4 Å². The average Bonchev–Trinajstić information content (AvgIpc) is 2.89. The highest BCUT2D eigenvalue weighted by atomic mass is 19.4. The Hall–Kier alpha value is -1.76. The Morgan fingerprint density at radius 2 is 1.88 bits per heavy atom. The molecule has 0 spiro atoms. The van der Waals surface area contributed by atoms with Gasteiger partial charge in [0.25, 0.3) is 0 Å². The van der Waals surface area contributed by atoms with Crippen LogP contribution in [-0.2, 0) is 11.3 Å². The van der Waals surface area contributed by atoms with Crippen LogP contribution in [0.15, 0.2) is 24.3 Å². The molecule has 2 fully saturated rings. The molecule has 25 heavy (non-hydrogen) atoms. The van der Waals surface area contributed by atoms with Gasteiger partial charge in [-0.25, -0.2) is 0 Å². The van der Waals surface area contributed by atoms with Crippen LogP contribution >= 0.6 is 0 Å². The van der Waals surface area contributed by atoms with Crippen molar-refractivity contribution in [3.05, 3.63) is 29.8 Å². The van der Waals surface area contributed by atoms with E-state index in [1.54, 1.807) is 18.2 Å². The lowest BCUT2D eigenvalue weighted by atomic mass is 9.89. The van der Waals surface area contributed by atoms with Crippen LogP contribution in [0.2, 0.25) is 0 Å². The number of hydrogen-bond acceptors (Lipinski definition) is 3. The van der Waals surface area contributed by atoms with Gasteiger partial charge in [-0.2, -0.15) is 13.2 Å². The summed E-state index contributed by atoms with van der Waals surface area (Å²) in [6.45, 7) is -1.17. The number of carbonyl (C=O) groups is 1. The topological polar surface area (TPSA) is 50.4 Å².